The molecule has 2 unspecified atom stereocenters. The molecule has 0 aliphatic carbocycles. The molecule has 0 spiro atoms. The van der Waals surface area contributed by atoms with Crippen molar-refractivity contribution in [3.8, 4) is 0 Å². The van der Waals surface area contributed by atoms with E-state index >= 15 is 0 Å². The lowest BCUT2D eigenvalue weighted by atomic mass is 9.70. The summed E-state index contributed by atoms with van der Waals surface area (Å²) < 4.78 is 164. The molecule has 1 aliphatic heterocycles. The second-order valence-corrected chi connectivity index (χ2v) is 23.7. The standard InChI is InChI=1S/C51H63NO18S4/c1-35-18-19-39-41(31-37(71(55,56)57)33-44(39)73(61,62)63)48(35)50(3,22-25-69-29-27-67-5)36(2)15-11-8-7-9-12-16-46-51(4,23-26-70-30-28-68-6)49-42-32-38(72(58,59)60)34-45(74(64,65)66)40(42)20-21-43(49)52(46)24-14-10-13-17-47(53)54/h7-9,11-12,15-16,18-21,31-34H,2,10,13-14,17,22-30H2,1,3-6H3,(H,53,54)(H,55,56,57)(H,58,59,60)(H,61,62,63)(H,64,65,66)/b8-7+,12-9+,15-11+,46-16+. The summed E-state index contributed by atoms with van der Waals surface area (Å²) in [6, 6.07) is 9.92. The average Bonchev–Trinajstić information content (AvgIpc) is 3.54. The van der Waals surface area contributed by atoms with Gasteiger partial charge in [0.25, 0.3) is 40.5 Å². The summed E-state index contributed by atoms with van der Waals surface area (Å²) in [5, 5.41) is 9.57. The Balaban J connectivity index is 1.60. The van der Waals surface area contributed by atoms with Crippen molar-refractivity contribution in [2.75, 3.05) is 65.3 Å². The van der Waals surface area contributed by atoms with Gasteiger partial charge in [-0.05, 0) is 109 Å². The monoisotopic (exact) mass is 1110 g/mol. The highest BCUT2D eigenvalue weighted by molar-refractivity contribution is 7.87. The van der Waals surface area contributed by atoms with Gasteiger partial charge in [-0.1, -0.05) is 74.6 Å². The summed E-state index contributed by atoms with van der Waals surface area (Å²) >= 11 is 0. The van der Waals surface area contributed by atoms with Gasteiger partial charge in [-0.25, -0.2) is 0 Å². The van der Waals surface area contributed by atoms with Crippen LogP contribution in [0.15, 0.2) is 128 Å². The minimum Gasteiger partial charge on any atom is -0.481 e. The van der Waals surface area contributed by atoms with Crippen LogP contribution >= 0.6 is 0 Å². The van der Waals surface area contributed by atoms with Crippen molar-refractivity contribution in [1.29, 1.82) is 0 Å². The Labute approximate surface area is 432 Å². The summed E-state index contributed by atoms with van der Waals surface area (Å²) in [5.41, 5.74) is 1.25. The number of rotatable bonds is 28. The Morgan fingerprint density at radius 2 is 1.22 bits per heavy atom. The predicted molar refractivity (Wildman–Crippen MR) is 279 cm³/mol. The van der Waals surface area contributed by atoms with E-state index in [9.17, 15) is 61.8 Å². The highest BCUT2D eigenvalue weighted by atomic mass is 32.2. The summed E-state index contributed by atoms with van der Waals surface area (Å²) in [7, 11) is -16.9. The lowest BCUT2D eigenvalue weighted by Gasteiger charge is -2.34. The highest BCUT2D eigenvalue weighted by Gasteiger charge is 2.45. The number of aryl methyl sites for hydroxylation is 1. The fraction of sp³-hybridized carbons (Fsp3) is 0.392. The third-order valence-corrected chi connectivity index (χ3v) is 16.5. The van der Waals surface area contributed by atoms with E-state index in [4.69, 9.17) is 18.9 Å². The summed E-state index contributed by atoms with van der Waals surface area (Å²) in [6.45, 7) is 11.7. The molecule has 0 saturated carbocycles. The normalized spacial score (nSPS) is 17.1. The summed E-state index contributed by atoms with van der Waals surface area (Å²) in [5.74, 6) is -0.933. The minimum atomic E-state index is -5.02. The van der Waals surface area contributed by atoms with E-state index in [1.807, 2.05) is 24.8 Å². The van der Waals surface area contributed by atoms with Gasteiger partial charge in [-0.15, -0.1) is 0 Å². The predicted octanol–water partition coefficient (Wildman–Crippen LogP) is 8.18. The number of ether oxygens (including phenoxy) is 4. The number of unbranched alkanes of at least 4 members (excludes halogenated alkanes) is 2. The molecule has 74 heavy (non-hydrogen) atoms. The molecule has 0 aromatic heterocycles. The van der Waals surface area contributed by atoms with Crippen molar-refractivity contribution in [3.05, 3.63) is 126 Å². The van der Waals surface area contributed by atoms with Crippen LogP contribution in [0.2, 0.25) is 0 Å². The fourth-order valence-corrected chi connectivity index (χ4v) is 12.0. The van der Waals surface area contributed by atoms with Gasteiger partial charge < -0.3 is 29.0 Å². The van der Waals surface area contributed by atoms with Gasteiger partial charge in [0.1, 0.15) is 9.79 Å². The fourth-order valence-electron chi connectivity index (χ4n) is 9.34. The van der Waals surface area contributed by atoms with Gasteiger partial charge in [-0.3, -0.25) is 23.0 Å². The van der Waals surface area contributed by atoms with Crippen LogP contribution in [-0.4, -0.2) is 123 Å². The van der Waals surface area contributed by atoms with Gasteiger partial charge in [-0.2, -0.15) is 33.7 Å². The number of nitrogens with zero attached hydrogens (tertiary/aromatic N) is 1. The van der Waals surface area contributed by atoms with Crippen LogP contribution in [0, 0.1) is 6.92 Å². The second-order valence-electron chi connectivity index (χ2n) is 18.1. The number of fused-ring (bicyclic) bond motifs is 4. The first-order valence-corrected chi connectivity index (χ1v) is 29.0. The number of anilines is 1. The maximum absolute atomic E-state index is 12.8. The molecule has 0 radical (unpaired) electrons. The van der Waals surface area contributed by atoms with Gasteiger partial charge in [0.05, 0.1) is 36.2 Å². The molecule has 0 fully saturated rings. The lowest BCUT2D eigenvalue weighted by molar-refractivity contribution is -0.137. The van der Waals surface area contributed by atoms with Crippen molar-refractivity contribution in [2.45, 2.75) is 89.7 Å². The molecule has 4 aromatic carbocycles. The first kappa shape index (κ1) is 59.7. The number of carboxylic acids is 1. The number of carbonyl (C=O) groups is 1. The molecule has 4 aromatic rings. The van der Waals surface area contributed by atoms with Crippen LogP contribution in [0.1, 0.15) is 69.1 Å². The lowest BCUT2D eigenvalue weighted by Crippen LogP contribution is -2.30. The molecule has 404 valence electrons. The Hall–Kier alpha value is -5.15. The first-order valence-electron chi connectivity index (χ1n) is 23.2. The molecule has 5 N–H and O–H groups in total. The Morgan fingerprint density at radius 3 is 1.78 bits per heavy atom. The quantitative estimate of drug-likeness (QED) is 0.0203. The van der Waals surface area contributed by atoms with E-state index in [1.54, 1.807) is 55.5 Å². The Kier molecular flexibility index (Phi) is 19.9. The Bertz CT molecular complexity index is 3350. The van der Waals surface area contributed by atoms with Gasteiger partial charge in [0, 0.05) is 73.4 Å². The van der Waals surface area contributed by atoms with E-state index in [2.05, 4.69) is 6.58 Å². The smallest absolute Gasteiger partial charge is 0.303 e. The van der Waals surface area contributed by atoms with Crippen molar-refractivity contribution in [3.63, 3.8) is 0 Å². The van der Waals surface area contributed by atoms with Crippen LogP contribution in [0.3, 0.4) is 0 Å². The van der Waals surface area contributed by atoms with Crippen LogP contribution in [0.4, 0.5) is 5.69 Å². The molecule has 23 heteroatoms. The topological polar surface area (TPSA) is 295 Å². The highest BCUT2D eigenvalue weighted by Crippen LogP contribution is 2.54. The number of allylic oxidation sites excluding steroid dienone is 9. The van der Waals surface area contributed by atoms with Crippen LogP contribution in [0.5, 0.6) is 0 Å². The summed E-state index contributed by atoms with van der Waals surface area (Å²) in [6.07, 6.45) is 14.2. The van der Waals surface area contributed by atoms with Crippen molar-refractivity contribution in [1.82, 2.24) is 0 Å². The molecule has 19 nitrogen and oxygen atoms in total. The zero-order chi connectivity index (χ0) is 54.9. The van der Waals surface area contributed by atoms with Gasteiger partial charge in [0.15, 0.2) is 0 Å². The van der Waals surface area contributed by atoms with Crippen molar-refractivity contribution in [2.24, 2.45) is 0 Å². The van der Waals surface area contributed by atoms with Gasteiger partial charge >= 0.3 is 5.97 Å². The second kappa shape index (κ2) is 24.7. The first-order chi connectivity index (χ1) is 34.6. The number of hydrogen-bond acceptors (Lipinski definition) is 14. The number of aliphatic carboxylic acids is 1. The van der Waals surface area contributed by atoms with E-state index in [-0.39, 0.29) is 67.2 Å². The van der Waals surface area contributed by atoms with Crippen LogP contribution in [0.25, 0.3) is 21.5 Å². The van der Waals surface area contributed by atoms with E-state index < -0.39 is 76.9 Å². The molecule has 0 saturated heterocycles. The summed E-state index contributed by atoms with van der Waals surface area (Å²) in [4.78, 5) is 10.4. The van der Waals surface area contributed by atoms with Crippen molar-refractivity contribution < 1.29 is 80.7 Å². The minimum absolute atomic E-state index is 0.00993. The molecule has 5 rings (SSSR count). The zero-order valence-electron chi connectivity index (χ0n) is 41.7. The largest absolute Gasteiger partial charge is 0.481 e. The van der Waals surface area contributed by atoms with Gasteiger partial charge in [0.2, 0.25) is 0 Å². The SMILES string of the molecule is C=C(/C=C/C=C/C=C/C=C1/N(CCCCCC(=O)O)c2ccc3c(S(=O)(=O)O)cc(S(=O)(=O)O)cc3c2C1(C)CCOCCOC)C(C)(CCOCCOC)c1c(C)ccc2c(S(=O)(=O)O)cc(S(=O)(=O)O)cc12. The molecule has 0 amide bonds. The van der Waals surface area contributed by atoms with E-state index in [0.29, 0.717) is 84.8 Å². The third kappa shape index (κ3) is 14.2. The zero-order valence-corrected chi connectivity index (χ0v) is 44.9. The molecule has 0 bridgehead atoms. The maximum atomic E-state index is 12.8. The average molecular weight is 1110 g/mol. The number of carboxylic acid groups (broad SMARTS) is 1. The maximum Gasteiger partial charge on any atom is 0.303 e. The van der Waals surface area contributed by atoms with E-state index in [1.165, 1.54) is 32.4 Å². The number of methoxy groups -OCH3 is 2. The number of benzene rings is 4. The molecular formula is C51H63NO18S4. The molecule has 1 aliphatic rings. The van der Waals surface area contributed by atoms with Crippen LogP contribution in [-0.2, 0) is 75.0 Å². The molecule has 1 heterocycles. The van der Waals surface area contributed by atoms with Crippen molar-refractivity contribution >= 4 is 73.7 Å². The third-order valence-electron chi connectivity index (χ3n) is 13.1. The van der Waals surface area contributed by atoms with E-state index in [0.717, 1.165) is 6.07 Å². The van der Waals surface area contributed by atoms with Crippen LogP contribution < -0.4 is 4.90 Å². The molecule has 2 atom stereocenters. The number of hydrogen-bond donors (Lipinski definition) is 5. The molecular weight excluding hydrogens is 1040 g/mol. The Morgan fingerprint density at radius 1 is 0.676 bits per heavy atom.